The zero-order chi connectivity index (χ0) is 14.4. The summed E-state index contributed by atoms with van der Waals surface area (Å²) in [5.41, 5.74) is 2.08. The highest BCUT2D eigenvalue weighted by molar-refractivity contribution is 5.57. The van der Waals surface area contributed by atoms with Crippen LogP contribution in [0, 0.1) is 11.3 Å². The molecule has 0 atom stereocenters. The van der Waals surface area contributed by atoms with E-state index in [0.29, 0.717) is 23.6 Å². The number of methoxy groups -OCH3 is 2. The normalized spacial score (nSPS) is 9.65. The second-order valence-corrected chi connectivity index (χ2v) is 4.00. The number of anilines is 1. The highest BCUT2D eigenvalue weighted by Crippen LogP contribution is 2.29. The molecule has 1 N–H and O–H groups in total. The van der Waals surface area contributed by atoms with Crippen LogP contribution in [0.2, 0.25) is 0 Å². The molecule has 2 aromatic rings. The Labute approximate surface area is 117 Å². The molecule has 5 heteroatoms. The summed E-state index contributed by atoms with van der Waals surface area (Å²) in [6.45, 7) is 0.444. The molecular formula is C15H15N3O2. The van der Waals surface area contributed by atoms with Crippen molar-refractivity contribution in [2.45, 2.75) is 6.54 Å². The van der Waals surface area contributed by atoms with Gasteiger partial charge in [-0.1, -0.05) is 12.1 Å². The summed E-state index contributed by atoms with van der Waals surface area (Å²) in [6, 6.07) is 11.2. The third kappa shape index (κ3) is 2.81. The van der Waals surface area contributed by atoms with Gasteiger partial charge in [0, 0.05) is 12.3 Å². The number of hydrogen-bond acceptors (Lipinski definition) is 5. The average molecular weight is 269 g/mol. The Morgan fingerprint density at radius 3 is 2.70 bits per heavy atom. The maximum Gasteiger partial charge on any atom is 0.184 e. The van der Waals surface area contributed by atoms with Crippen LogP contribution >= 0.6 is 0 Å². The molecule has 0 aliphatic rings. The molecule has 1 aromatic heterocycles. The topological polar surface area (TPSA) is 67.2 Å². The molecule has 0 aliphatic heterocycles. The van der Waals surface area contributed by atoms with E-state index in [2.05, 4.69) is 16.4 Å². The van der Waals surface area contributed by atoms with E-state index in [1.807, 2.05) is 18.2 Å². The van der Waals surface area contributed by atoms with Gasteiger partial charge in [-0.05, 0) is 12.1 Å². The minimum atomic E-state index is 0.444. The first kappa shape index (κ1) is 13.7. The molecule has 0 radical (unpaired) electrons. The minimum absolute atomic E-state index is 0.444. The quantitative estimate of drug-likeness (QED) is 0.903. The second kappa shape index (κ2) is 6.43. The molecule has 0 aliphatic carbocycles. The van der Waals surface area contributed by atoms with Gasteiger partial charge in [0.25, 0.3) is 0 Å². The Balaban J connectivity index is 2.21. The Kier molecular flexibility index (Phi) is 4.40. The van der Waals surface area contributed by atoms with E-state index in [1.54, 1.807) is 32.5 Å². The lowest BCUT2D eigenvalue weighted by molar-refractivity contribution is 0.350. The first-order valence-corrected chi connectivity index (χ1v) is 6.09. The van der Waals surface area contributed by atoms with Crippen molar-refractivity contribution in [3.63, 3.8) is 0 Å². The van der Waals surface area contributed by atoms with E-state index in [1.165, 1.54) is 0 Å². The molecule has 0 spiro atoms. The number of aromatic nitrogens is 1. The fourth-order valence-corrected chi connectivity index (χ4v) is 1.89. The zero-order valence-corrected chi connectivity index (χ0v) is 11.4. The van der Waals surface area contributed by atoms with Gasteiger partial charge in [-0.15, -0.1) is 0 Å². The van der Waals surface area contributed by atoms with E-state index in [-0.39, 0.29) is 0 Å². The van der Waals surface area contributed by atoms with Gasteiger partial charge in [0.05, 0.1) is 32.0 Å². The fourth-order valence-electron chi connectivity index (χ4n) is 1.89. The van der Waals surface area contributed by atoms with Gasteiger partial charge < -0.3 is 14.8 Å². The first-order chi connectivity index (χ1) is 9.80. The average Bonchev–Trinajstić information content (AvgIpc) is 2.52. The van der Waals surface area contributed by atoms with E-state index in [9.17, 15) is 0 Å². The predicted octanol–water partition coefficient (Wildman–Crippen LogP) is 2.58. The minimum Gasteiger partial charge on any atom is -0.493 e. The molecule has 20 heavy (non-hydrogen) atoms. The maximum atomic E-state index is 9.05. The summed E-state index contributed by atoms with van der Waals surface area (Å²) in [6.07, 6.45) is 1.66. The molecular weight excluding hydrogens is 254 g/mol. The number of ether oxygens (including phenoxy) is 2. The summed E-state index contributed by atoms with van der Waals surface area (Å²) in [7, 11) is 3.16. The van der Waals surface area contributed by atoms with E-state index >= 15 is 0 Å². The smallest absolute Gasteiger partial charge is 0.184 e. The SMILES string of the molecule is COc1ccnc(CNc2ccccc2C#N)c1OC. The third-order valence-electron chi connectivity index (χ3n) is 2.86. The Morgan fingerprint density at radius 1 is 1.20 bits per heavy atom. The van der Waals surface area contributed by atoms with Crippen molar-refractivity contribution >= 4 is 5.69 Å². The number of rotatable bonds is 5. The molecule has 0 amide bonds. The van der Waals surface area contributed by atoms with E-state index in [4.69, 9.17) is 14.7 Å². The van der Waals surface area contributed by atoms with Gasteiger partial charge in [0.2, 0.25) is 0 Å². The molecule has 1 aromatic carbocycles. The third-order valence-corrected chi connectivity index (χ3v) is 2.86. The van der Waals surface area contributed by atoms with Crippen molar-refractivity contribution in [3.05, 3.63) is 47.8 Å². The summed E-state index contributed by atoms with van der Waals surface area (Å²) in [5, 5.41) is 12.2. The van der Waals surface area contributed by atoms with Crippen molar-refractivity contribution in [3.8, 4) is 17.6 Å². The summed E-state index contributed by atoms with van der Waals surface area (Å²) < 4.78 is 10.5. The van der Waals surface area contributed by atoms with Gasteiger partial charge in [-0.3, -0.25) is 4.98 Å². The number of nitriles is 1. The Hall–Kier alpha value is -2.74. The molecule has 0 fully saturated rings. The van der Waals surface area contributed by atoms with Crippen LogP contribution in [0.3, 0.4) is 0 Å². The standard InChI is InChI=1S/C15H15N3O2/c1-19-14-7-8-17-13(15(14)20-2)10-18-12-6-4-3-5-11(12)9-16/h3-8,18H,10H2,1-2H3. The van der Waals surface area contributed by atoms with Crippen LogP contribution in [0.15, 0.2) is 36.5 Å². The van der Waals surface area contributed by atoms with Crippen molar-refractivity contribution in [2.75, 3.05) is 19.5 Å². The first-order valence-electron chi connectivity index (χ1n) is 6.09. The van der Waals surface area contributed by atoms with Crippen LogP contribution in [0.1, 0.15) is 11.3 Å². The summed E-state index contributed by atoms with van der Waals surface area (Å²) in [5.74, 6) is 1.23. The van der Waals surface area contributed by atoms with Crippen molar-refractivity contribution in [1.82, 2.24) is 4.98 Å². The van der Waals surface area contributed by atoms with Gasteiger partial charge in [-0.2, -0.15) is 5.26 Å². The fraction of sp³-hybridized carbons (Fsp3) is 0.200. The molecule has 1 heterocycles. The van der Waals surface area contributed by atoms with Crippen LogP contribution < -0.4 is 14.8 Å². The Bertz CT molecular complexity index is 635. The maximum absolute atomic E-state index is 9.05. The van der Waals surface area contributed by atoms with Gasteiger partial charge >= 0.3 is 0 Å². The van der Waals surface area contributed by atoms with Gasteiger partial charge in [-0.25, -0.2) is 0 Å². The number of nitrogens with one attached hydrogen (secondary N) is 1. The molecule has 102 valence electrons. The molecule has 0 bridgehead atoms. The molecule has 0 unspecified atom stereocenters. The second-order valence-electron chi connectivity index (χ2n) is 4.00. The van der Waals surface area contributed by atoms with Crippen LogP contribution in [0.5, 0.6) is 11.5 Å². The number of pyridine rings is 1. The lowest BCUT2D eigenvalue weighted by Crippen LogP contribution is -2.06. The molecule has 5 nitrogen and oxygen atoms in total. The molecule has 0 saturated carbocycles. The Morgan fingerprint density at radius 2 is 2.00 bits per heavy atom. The van der Waals surface area contributed by atoms with Crippen molar-refractivity contribution in [2.24, 2.45) is 0 Å². The molecule has 2 rings (SSSR count). The highest BCUT2D eigenvalue weighted by atomic mass is 16.5. The summed E-state index contributed by atoms with van der Waals surface area (Å²) in [4.78, 5) is 4.28. The lowest BCUT2D eigenvalue weighted by atomic mass is 10.2. The lowest BCUT2D eigenvalue weighted by Gasteiger charge is -2.13. The number of benzene rings is 1. The van der Waals surface area contributed by atoms with Crippen LogP contribution in [0.25, 0.3) is 0 Å². The van der Waals surface area contributed by atoms with E-state index in [0.717, 1.165) is 11.4 Å². The van der Waals surface area contributed by atoms with Gasteiger partial charge in [0.15, 0.2) is 11.5 Å². The zero-order valence-electron chi connectivity index (χ0n) is 11.4. The number of nitrogens with zero attached hydrogens (tertiary/aromatic N) is 2. The number of hydrogen-bond donors (Lipinski definition) is 1. The summed E-state index contributed by atoms with van der Waals surface area (Å²) >= 11 is 0. The van der Waals surface area contributed by atoms with Crippen LogP contribution in [0.4, 0.5) is 5.69 Å². The number of para-hydroxylation sites is 1. The van der Waals surface area contributed by atoms with Crippen LogP contribution in [-0.2, 0) is 6.54 Å². The largest absolute Gasteiger partial charge is 0.493 e. The van der Waals surface area contributed by atoms with Crippen molar-refractivity contribution < 1.29 is 9.47 Å². The van der Waals surface area contributed by atoms with E-state index < -0.39 is 0 Å². The monoisotopic (exact) mass is 269 g/mol. The molecule has 0 saturated heterocycles. The van der Waals surface area contributed by atoms with Crippen LogP contribution in [-0.4, -0.2) is 19.2 Å². The van der Waals surface area contributed by atoms with Crippen molar-refractivity contribution in [1.29, 1.82) is 5.26 Å². The highest BCUT2D eigenvalue weighted by Gasteiger charge is 2.11. The van der Waals surface area contributed by atoms with Gasteiger partial charge in [0.1, 0.15) is 11.8 Å². The predicted molar refractivity (Wildman–Crippen MR) is 75.8 cm³/mol.